The molecule has 25 heavy (non-hydrogen) atoms. The van der Waals surface area contributed by atoms with Crippen molar-refractivity contribution in [2.45, 2.75) is 13.3 Å². The van der Waals surface area contributed by atoms with E-state index in [9.17, 15) is 9.59 Å². The van der Waals surface area contributed by atoms with Gasteiger partial charge in [0.05, 0.1) is 12.6 Å². The first-order valence-corrected chi connectivity index (χ1v) is 7.67. The van der Waals surface area contributed by atoms with Crippen molar-refractivity contribution in [3.8, 4) is 0 Å². The van der Waals surface area contributed by atoms with Crippen molar-refractivity contribution in [2.75, 3.05) is 10.6 Å². The van der Waals surface area contributed by atoms with Gasteiger partial charge in [0.25, 0.3) is 0 Å². The first kappa shape index (κ1) is 16.4. The number of rotatable bonds is 5. The zero-order chi connectivity index (χ0) is 17.8. The number of hydrogen-bond acceptors (Lipinski definition) is 4. The van der Waals surface area contributed by atoms with Gasteiger partial charge in [-0.1, -0.05) is 18.7 Å². The Hall–Kier alpha value is -3.48. The summed E-state index contributed by atoms with van der Waals surface area (Å²) in [6.07, 6.45) is 6.55. The molecule has 7 heteroatoms. The smallest absolute Gasteiger partial charge is 0.247 e. The number of aryl methyl sites for hydroxylation is 1. The van der Waals surface area contributed by atoms with Crippen LogP contribution in [-0.4, -0.2) is 26.4 Å². The van der Waals surface area contributed by atoms with Crippen molar-refractivity contribution >= 4 is 28.8 Å². The van der Waals surface area contributed by atoms with Crippen LogP contribution in [0.1, 0.15) is 11.1 Å². The standard InChI is InChI=1S/C18H17N5O2/c1-3-16(24)21-14-6-4-13(5-7-14)8-17(25)22-15-10-20-23-11-12(2)9-19-18(15)23/h3-7,9-11H,1,8H2,2H3,(H,21,24)(H,22,25). The monoisotopic (exact) mass is 335 g/mol. The van der Waals surface area contributed by atoms with Gasteiger partial charge < -0.3 is 10.6 Å². The molecule has 3 rings (SSSR count). The molecule has 2 heterocycles. The van der Waals surface area contributed by atoms with E-state index in [1.165, 1.54) is 6.08 Å². The Balaban J connectivity index is 1.65. The third kappa shape index (κ3) is 3.89. The highest BCUT2D eigenvalue weighted by Crippen LogP contribution is 2.15. The molecule has 1 aromatic carbocycles. The van der Waals surface area contributed by atoms with E-state index in [2.05, 4.69) is 27.3 Å². The van der Waals surface area contributed by atoms with Crippen LogP contribution in [-0.2, 0) is 16.0 Å². The molecule has 0 saturated heterocycles. The van der Waals surface area contributed by atoms with Gasteiger partial charge in [-0.05, 0) is 36.3 Å². The maximum absolute atomic E-state index is 12.2. The van der Waals surface area contributed by atoms with E-state index in [1.54, 1.807) is 41.2 Å². The molecule has 2 aromatic heterocycles. The number of amides is 2. The Morgan fingerprint density at radius 2 is 1.96 bits per heavy atom. The Labute approximate surface area is 144 Å². The van der Waals surface area contributed by atoms with Crippen LogP contribution < -0.4 is 10.6 Å². The Bertz CT molecular complexity index is 944. The van der Waals surface area contributed by atoms with Crippen molar-refractivity contribution in [3.63, 3.8) is 0 Å². The fourth-order valence-corrected chi connectivity index (χ4v) is 2.34. The van der Waals surface area contributed by atoms with Crippen LogP contribution >= 0.6 is 0 Å². The van der Waals surface area contributed by atoms with E-state index in [4.69, 9.17) is 0 Å². The van der Waals surface area contributed by atoms with Crippen molar-refractivity contribution in [1.82, 2.24) is 14.6 Å². The Kier molecular flexibility index (Phi) is 4.56. The maximum Gasteiger partial charge on any atom is 0.247 e. The summed E-state index contributed by atoms with van der Waals surface area (Å²) in [5, 5.41) is 9.66. The molecular weight excluding hydrogens is 318 g/mol. The van der Waals surface area contributed by atoms with E-state index >= 15 is 0 Å². The molecule has 126 valence electrons. The molecule has 0 spiro atoms. The number of aromatic nitrogens is 3. The molecule has 2 amide bonds. The number of hydrogen-bond donors (Lipinski definition) is 2. The minimum Gasteiger partial charge on any atom is -0.323 e. The van der Waals surface area contributed by atoms with Gasteiger partial charge in [-0.15, -0.1) is 0 Å². The van der Waals surface area contributed by atoms with E-state index < -0.39 is 0 Å². The average Bonchev–Trinajstić information content (AvgIpc) is 2.98. The lowest BCUT2D eigenvalue weighted by molar-refractivity contribution is -0.115. The Morgan fingerprint density at radius 1 is 1.20 bits per heavy atom. The second-order valence-corrected chi connectivity index (χ2v) is 5.57. The summed E-state index contributed by atoms with van der Waals surface area (Å²) in [5.74, 6) is -0.443. The lowest BCUT2D eigenvalue weighted by Gasteiger charge is -2.06. The predicted octanol–water partition coefficient (Wildman–Crippen LogP) is 2.34. The van der Waals surface area contributed by atoms with Gasteiger partial charge in [0.1, 0.15) is 5.69 Å². The molecule has 0 bridgehead atoms. The van der Waals surface area contributed by atoms with Crippen LogP contribution in [0.3, 0.4) is 0 Å². The molecule has 0 saturated carbocycles. The van der Waals surface area contributed by atoms with Crippen LogP contribution in [0.4, 0.5) is 11.4 Å². The summed E-state index contributed by atoms with van der Waals surface area (Å²) in [6.45, 7) is 5.32. The van der Waals surface area contributed by atoms with E-state index in [-0.39, 0.29) is 18.2 Å². The fraction of sp³-hybridized carbons (Fsp3) is 0.111. The number of anilines is 2. The predicted molar refractivity (Wildman–Crippen MR) is 95.3 cm³/mol. The van der Waals surface area contributed by atoms with Crippen molar-refractivity contribution in [3.05, 3.63) is 66.6 Å². The highest BCUT2D eigenvalue weighted by Gasteiger charge is 2.10. The van der Waals surface area contributed by atoms with Crippen molar-refractivity contribution in [1.29, 1.82) is 0 Å². The molecule has 0 atom stereocenters. The molecule has 0 aliphatic heterocycles. The number of carbonyl (C=O) groups is 2. The van der Waals surface area contributed by atoms with E-state index in [1.807, 2.05) is 13.1 Å². The molecule has 2 N–H and O–H groups in total. The second-order valence-electron chi connectivity index (χ2n) is 5.57. The molecule has 0 radical (unpaired) electrons. The van der Waals surface area contributed by atoms with Crippen LogP contribution in [0, 0.1) is 6.92 Å². The zero-order valence-electron chi connectivity index (χ0n) is 13.7. The molecular formula is C18H17N5O2. The lowest BCUT2D eigenvalue weighted by Crippen LogP contribution is -2.14. The normalized spacial score (nSPS) is 10.4. The molecule has 0 unspecified atom stereocenters. The first-order chi connectivity index (χ1) is 12.0. The molecule has 0 aliphatic rings. The maximum atomic E-state index is 12.2. The van der Waals surface area contributed by atoms with Gasteiger partial charge in [-0.25, -0.2) is 9.50 Å². The van der Waals surface area contributed by atoms with Crippen molar-refractivity contribution in [2.24, 2.45) is 0 Å². The highest BCUT2D eigenvalue weighted by atomic mass is 16.2. The topological polar surface area (TPSA) is 88.4 Å². The van der Waals surface area contributed by atoms with Crippen LogP contribution in [0.15, 0.2) is 55.5 Å². The number of nitrogens with zero attached hydrogens (tertiary/aromatic N) is 3. The lowest BCUT2D eigenvalue weighted by atomic mass is 10.1. The fourth-order valence-electron chi connectivity index (χ4n) is 2.34. The first-order valence-electron chi connectivity index (χ1n) is 7.67. The van der Waals surface area contributed by atoms with Crippen LogP contribution in [0.2, 0.25) is 0 Å². The van der Waals surface area contributed by atoms with Gasteiger partial charge in [-0.2, -0.15) is 5.10 Å². The van der Waals surface area contributed by atoms with Crippen molar-refractivity contribution < 1.29 is 9.59 Å². The van der Waals surface area contributed by atoms with Crippen LogP contribution in [0.25, 0.3) is 5.65 Å². The number of carbonyl (C=O) groups excluding carboxylic acids is 2. The number of benzene rings is 1. The molecule has 3 aromatic rings. The molecule has 0 aliphatic carbocycles. The number of fused-ring (bicyclic) bond motifs is 1. The minimum absolute atomic E-state index is 0.167. The largest absolute Gasteiger partial charge is 0.323 e. The summed E-state index contributed by atoms with van der Waals surface area (Å²) in [6, 6.07) is 7.05. The van der Waals surface area contributed by atoms with Gasteiger partial charge in [0, 0.05) is 18.1 Å². The van der Waals surface area contributed by atoms with Gasteiger partial charge in [0.2, 0.25) is 11.8 Å². The summed E-state index contributed by atoms with van der Waals surface area (Å²) in [7, 11) is 0. The van der Waals surface area contributed by atoms with Gasteiger partial charge in [-0.3, -0.25) is 9.59 Å². The van der Waals surface area contributed by atoms with Crippen LogP contribution in [0.5, 0.6) is 0 Å². The summed E-state index contributed by atoms with van der Waals surface area (Å²) >= 11 is 0. The summed E-state index contributed by atoms with van der Waals surface area (Å²) < 4.78 is 1.63. The van der Waals surface area contributed by atoms with E-state index in [0.29, 0.717) is 17.0 Å². The van der Waals surface area contributed by atoms with Gasteiger partial charge >= 0.3 is 0 Å². The average molecular weight is 335 g/mol. The summed E-state index contributed by atoms with van der Waals surface area (Å²) in [4.78, 5) is 27.8. The highest BCUT2D eigenvalue weighted by molar-refractivity contribution is 5.99. The SMILES string of the molecule is C=CC(=O)Nc1ccc(CC(=O)Nc2cnn3cc(C)cnc23)cc1. The third-order valence-electron chi connectivity index (χ3n) is 3.53. The zero-order valence-corrected chi connectivity index (χ0v) is 13.7. The van der Waals surface area contributed by atoms with E-state index in [0.717, 1.165) is 11.1 Å². The summed E-state index contributed by atoms with van der Waals surface area (Å²) in [5.41, 5.74) is 3.63. The number of nitrogens with one attached hydrogen (secondary N) is 2. The Morgan fingerprint density at radius 3 is 2.68 bits per heavy atom. The molecule has 7 nitrogen and oxygen atoms in total. The van der Waals surface area contributed by atoms with Gasteiger partial charge in [0.15, 0.2) is 5.65 Å². The quantitative estimate of drug-likeness (QED) is 0.701. The minimum atomic E-state index is -0.277. The molecule has 0 fully saturated rings. The third-order valence-corrected chi connectivity index (χ3v) is 3.53. The second kappa shape index (κ2) is 6.96.